The van der Waals surface area contributed by atoms with Gasteiger partial charge in [0.2, 0.25) is 0 Å². The molecule has 25 heavy (non-hydrogen) atoms. The van der Waals surface area contributed by atoms with Crippen molar-refractivity contribution in [2.75, 3.05) is 12.4 Å². The van der Waals surface area contributed by atoms with E-state index in [2.05, 4.69) is 15.3 Å². The minimum Gasteiger partial charge on any atom is -0.495 e. The van der Waals surface area contributed by atoms with Crippen molar-refractivity contribution >= 4 is 22.6 Å². The summed E-state index contributed by atoms with van der Waals surface area (Å²) >= 11 is 0. The molecular formula is C17H16N4O4. The SMILES string of the molecule is COc1ccccc1NC(=O)c1cc2c(=O)[nH]c(=O)n(C)c2nc1C. The number of benzene rings is 1. The van der Waals surface area contributed by atoms with Gasteiger partial charge in [0.05, 0.1) is 29.4 Å². The van der Waals surface area contributed by atoms with Crippen molar-refractivity contribution in [3.8, 4) is 5.75 Å². The fourth-order valence-electron chi connectivity index (χ4n) is 2.53. The van der Waals surface area contributed by atoms with Gasteiger partial charge >= 0.3 is 5.69 Å². The van der Waals surface area contributed by atoms with Gasteiger partial charge in [0.1, 0.15) is 11.4 Å². The number of nitrogens with zero attached hydrogens (tertiary/aromatic N) is 2. The maximum absolute atomic E-state index is 12.6. The van der Waals surface area contributed by atoms with Crippen LogP contribution in [0.5, 0.6) is 5.75 Å². The standard InChI is InChI=1S/C17H16N4O4/c1-9-10(15(22)19-12-6-4-5-7-13(12)25-3)8-11-14(18-9)21(2)17(24)20-16(11)23/h4-8H,1-3H3,(H,19,22)(H,20,23,24). The quantitative estimate of drug-likeness (QED) is 0.745. The van der Waals surface area contributed by atoms with Crippen LogP contribution in [0.4, 0.5) is 5.69 Å². The monoisotopic (exact) mass is 340 g/mol. The molecule has 3 rings (SSSR count). The van der Waals surface area contributed by atoms with Gasteiger partial charge < -0.3 is 10.1 Å². The summed E-state index contributed by atoms with van der Waals surface area (Å²) in [7, 11) is 3.01. The molecule has 2 N–H and O–H groups in total. The van der Waals surface area contributed by atoms with Crippen molar-refractivity contribution in [1.29, 1.82) is 0 Å². The van der Waals surface area contributed by atoms with Crippen molar-refractivity contribution in [1.82, 2.24) is 14.5 Å². The average Bonchev–Trinajstić information content (AvgIpc) is 2.59. The number of pyridine rings is 1. The smallest absolute Gasteiger partial charge is 0.329 e. The Morgan fingerprint density at radius 2 is 2.00 bits per heavy atom. The van der Waals surface area contributed by atoms with Crippen LogP contribution in [-0.2, 0) is 7.05 Å². The topological polar surface area (TPSA) is 106 Å². The number of nitrogens with one attached hydrogen (secondary N) is 2. The lowest BCUT2D eigenvalue weighted by molar-refractivity contribution is 0.102. The van der Waals surface area contributed by atoms with E-state index < -0.39 is 17.2 Å². The first-order valence-electron chi connectivity index (χ1n) is 7.47. The lowest BCUT2D eigenvalue weighted by Gasteiger charge is -2.12. The number of aromatic amines is 1. The zero-order valence-corrected chi connectivity index (χ0v) is 13.9. The molecule has 0 aliphatic heterocycles. The number of amides is 1. The fraction of sp³-hybridized carbons (Fsp3) is 0.176. The maximum Gasteiger partial charge on any atom is 0.329 e. The minimum absolute atomic E-state index is 0.165. The molecule has 0 atom stereocenters. The molecule has 128 valence electrons. The first-order valence-corrected chi connectivity index (χ1v) is 7.47. The molecule has 0 radical (unpaired) electrons. The van der Waals surface area contributed by atoms with Gasteiger partial charge in [-0.1, -0.05) is 12.1 Å². The highest BCUT2D eigenvalue weighted by molar-refractivity contribution is 6.07. The Morgan fingerprint density at radius 3 is 2.72 bits per heavy atom. The predicted molar refractivity (Wildman–Crippen MR) is 93.3 cm³/mol. The highest BCUT2D eigenvalue weighted by Crippen LogP contribution is 2.24. The van der Waals surface area contributed by atoms with Gasteiger partial charge in [0.15, 0.2) is 0 Å². The molecule has 0 bridgehead atoms. The first-order chi connectivity index (χ1) is 11.9. The van der Waals surface area contributed by atoms with E-state index in [0.29, 0.717) is 17.1 Å². The highest BCUT2D eigenvalue weighted by atomic mass is 16.5. The van der Waals surface area contributed by atoms with Crippen LogP contribution in [0.25, 0.3) is 11.0 Å². The Kier molecular flexibility index (Phi) is 4.10. The van der Waals surface area contributed by atoms with Crippen LogP contribution in [0.15, 0.2) is 39.9 Å². The molecule has 2 heterocycles. The van der Waals surface area contributed by atoms with Crippen LogP contribution in [0.2, 0.25) is 0 Å². The fourth-order valence-corrected chi connectivity index (χ4v) is 2.53. The number of methoxy groups -OCH3 is 1. The second-order valence-corrected chi connectivity index (χ2v) is 5.47. The van der Waals surface area contributed by atoms with E-state index >= 15 is 0 Å². The number of aromatic nitrogens is 3. The average molecular weight is 340 g/mol. The number of hydrogen-bond donors (Lipinski definition) is 2. The number of carbonyl (C=O) groups is 1. The van der Waals surface area contributed by atoms with Gasteiger partial charge in [0, 0.05) is 7.05 Å². The molecular weight excluding hydrogens is 324 g/mol. The summed E-state index contributed by atoms with van der Waals surface area (Å²) in [5, 5.41) is 2.91. The van der Waals surface area contributed by atoms with E-state index in [4.69, 9.17) is 4.74 Å². The summed E-state index contributed by atoms with van der Waals surface area (Å²) in [5.74, 6) is 0.0900. The van der Waals surface area contributed by atoms with Gasteiger partial charge in [0.25, 0.3) is 11.5 Å². The number of aryl methyl sites for hydroxylation is 2. The first kappa shape index (κ1) is 16.4. The number of fused-ring (bicyclic) bond motifs is 1. The number of para-hydroxylation sites is 2. The predicted octanol–water partition coefficient (Wildman–Crippen LogP) is 1.19. The molecule has 0 saturated heterocycles. The third-order valence-electron chi connectivity index (χ3n) is 3.88. The lowest BCUT2D eigenvalue weighted by atomic mass is 10.1. The summed E-state index contributed by atoms with van der Waals surface area (Å²) in [5.41, 5.74) is 0.222. The van der Waals surface area contributed by atoms with Gasteiger partial charge in [-0.05, 0) is 25.1 Å². The van der Waals surface area contributed by atoms with Gasteiger partial charge in [-0.25, -0.2) is 9.78 Å². The number of carbonyl (C=O) groups excluding carboxylic acids is 1. The van der Waals surface area contributed by atoms with Crippen LogP contribution in [-0.4, -0.2) is 27.6 Å². The van der Waals surface area contributed by atoms with Crippen molar-refractivity contribution in [2.24, 2.45) is 7.05 Å². The normalized spacial score (nSPS) is 10.7. The Labute approximate surface area is 142 Å². The van der Waals surface area contributed by atoms with E-state index in [0.717, 1.165) is 0 Å². The van der Waals surface area contributed by atoms with E-state index in [-0.39, 0.29) is 16.6 Å². The third kappa shape index (κ3) is 2.89. The molecule has 3 aromatic rings. The van der Waals surface area contributed by atoms with Crippen molar-refractivity contribution in [2.45, 2.75) is 6.92 Å². The van der Waals surface area contributed by atoms with Crippen molar-refractivity contribution < 1.29 is 9.53 Å². The van der Waals surface area contributed by atoms with Crippen LogP contribution >= 0.6 is 0 Å². The second-order valence-electron chi connectivity index (χ2n) is 5.47. The summed E-state index contributed by atoms with van der Waals surface area (Å²) in [6, 6.07) is 8.42. The van der Waals surface area contributed by atoms with Crippen LogP contribution in [0.1, 0.15) is 16.1 Å². The van der Waals surface area contributed by atoms with Crippen LogP contribution in [0.3, 0.4) is 0 Å². The largest absolute Gasteiger partial charge is 0.495 e. The zero-order valence-electron chi connectivity index (χ0n) is 13.9. The summed E-state index contributed by atoms with van der Waals surface area (Å²) in [6.07, 6.45) is 0. The maximum atomic E-state index is 12.6. The molecule has 8 nitrogen and oxygen atoms in total. The Balaban J connectivity index is 2.09. The Morgan fingerprint density at radius 1 is 1.28 bits per heavy atom. The number of H-pyrrole nitrogens is 1. The minimum atomic E-state index is -0.586. The Hall–Kier alpha value is -3.42. The molecule has 2 aromatic heterocycles. The van der Waals surface area contributed by atoms with E-state index in [9.17, 15) is 14.4 Å². The van der Waals surface area contributed by atoms with Gasteiger partial charge in [-0.3, -0.25) is 19.1 Å². The zero-order chi connectivity index (χ0) is 18.1. The summed E-state index contributed by atoms with van der Waals surface area (Å²) in [6.45, 7) is 1.64. The summed E-state index contributed by atoms with van der Waals surface area (Å²) < 4.78 is 6.43. The molecule has 8 heteroatoms. The number of ether oxygens (including phenoxy) is 1. The van der Waals surface area contributed by atoms with Gasteiger partial charge in [-0.2, -0.15) is 0 Å². The van der Waals surface area contributed by atoms with Gasteiger partial charge in [-0.15, -0.1) is 0 Å². The number of rotatable bonds is 3. The number of anilines is 1. The molecule has 0 unspecified atom stereocenters. The van der Waals surface area contributed by atoms with Crippen molar-refractivity contribution in [3.63, 3.8) is 0 Å². The van der Waals surface area contributed by atoms with E-state index in [1.165, 1.54) is 24.8 Å². The molecule has 1 amide bonds. The lowest BCUT2D eigenvalue weighted by Crippen LogP contribution is -2.29. The van der Waals surface area contributed by atoms with Crippen LogP contribution < -0.4 is 21.3 Å². The molecule has 1 aromatic carbocycles. The number of hydrogen-bond acceptors (Lipinski definition) is 5. The highest BCUT2D eigenvalue weighted by Gasteiger charge is 2.16. The van der Waals surface area contributed by atoms with E-state index in [1.807, 2.05) is 0 Å². The Bertz CT molecular complexity index is 1100. The second kappa shape index (κ2) is 6.23. The van der Waals surface area contributed by atoms with E-state index in [1.54, 1.807) is 31.2 Å². The third-order valence-corrected chi connectivity index (χ3v) is 3.88. The molecule has 0 aliphatic rings. The molecule has 0 saturated carbocycles. The molecule has 0 aliphatic carbocycles. The molecule has 0 spiro atoms. The summed E-state index contributed by atoms with van der Waals surface area (Å²) in [4.78, 5) is 42.8. The van der Waals surface area contributed by atoms with Crippen LogP contribution in [0, 0.1) is 6.92 Å². The van der Waals surface area contributed by atoms with Crippen molar-refractivity contribution in [3.05, 3.63) is 62.4 Å². The molecule has 0 fully saturated rings.